The lowest BCUT2D eigenvalue weighted by molar-refractivity contribution is -0.144. The second-order valence-corrected chi connectivity index (χ2v) is 4.31. The van der Waals surface area contributed by atoms with Crippen molar-refractivity contribution in [2.24, 2.45) is 0 Å². The van der Waals surface area contributed by atoms with Gasteiger partial charge in [-0.05, 0) is 12.1 Å². The van der Waals surface area contributed by atoms with Crippen LogP contribution in [0, 0.1) is 0 Å². The lowest BCUT2D eigenvalue weighted by atomic mass is 10.2. The molecule has 1 fully saturated rings. The van der Waals surface area contributed by atoms with Gasteiger partial charge >= 0.3 is 5.97 Å². The molecule has 2 N–H and O–H groups in total. The number of para-hydroxylation sites is 1. The fourth-order valence-electron chi connectivity index (χ4n) is 2.08. The third-order valence-electron chi connectivity index (χ3n) is 3.07. The number of carbonyl (C=O) groups is 1. The van der Waals surface area contributed by atoms with Crippen LogP contribution >= 0.6 is 0 Å². The van der Waals surface area contributed by atoms with Crippen molar-refractivity contribution in [3.63, 3.8) is 0 Å². The van der Waals surface area contributed by atoms with Gasteiger partial charge in [0.25, 0.3) is 0 Å². The van der Waals surface area contributed by atoms with Crippen LogP contribution in [-0.2, 0) is 9.53 Å². The van der Waals surface area contributed by atoms with Crippen LogP contribution in [0.1, 0.15) is 11.9 Å². The molecule has 1 aliphatic heterocycles. The first-order valence-corrected chi connectivity index (χ1v) is 5.80. The predicted molar refractivity (Wildman–Crippen MR) is 64.3 cm³/mol. The zero-order valence-corrected chi connectivity index (χ0v) is 9.63. The summed E-state index contributed by atoms with van der Waals surface area (Å²) in [6.07, 6.45) is -0.229. The van der Waals surface area contributed by atoms with Crippen molar-refractivity contribution >= 4 is 16.9 Å². The van der Waals surface area contributed by atoms with E-state index in [1.54, 1.807) is 0 Å². The predicted octanol–water partition coefficient (Wildman–Crippen LogP) is 1.55. The number of carboxylic acid groups (broad SMARTS) is 1. The van der Waals surface area contributed by atoms with Gasteiger partial charge in [0.2, 0.25) is 0 Å². The minimum atomic E-state index is -0.891. The van der Waals surface area contributed by atoms with Gasteiger partial charge in [0, 0.05) is 11.9 Å². The molecule has 0 bridgehead atoms. The van der Waals surface area contributed by atoms with Gasteiger partial charge in [-0.15, -0.1) is 0 Å². The first-order valence-electron chi connectivity index (χ1n) is 5.80. The second kappa shape index (κ2) is 4.44. The van der Waals surface area contributed by atoms with E-state index < -0.39 is 12.0 Å². The Morgan fingerprint density at radius 3 is 2.89 bits per heavy atom. The average molecular weight is 247 g/mol. The summed E-state index contributed by atoms with van der Waals surface area (Å²) in [6.45, 7) is 0.591. The number of furan rings is 1. The Morgan fingerprint density at radius 1 is 1.39 bits per heavy atom. The fourth-order valence-corrected chi connectivity index (χ4v) is 2.08. The molecule has 2 unspecified atom stereocenters. The van der Waals surface area contributed by atoms with Gasteiger partial charge in [0.15, 0.2) is 0 Å². The molecule has 3 rings (SSSR count). The molecule has 5 heteroatoms. The monoisotopic (exact) mass is 247 g/mol. The van der Waals surface area contributed by atoms with Crippen LogP contribution in [0.25, 0.3) is 11.0 Å². The highest BCUT2D eigenvalue weighted by atomic mass is 16.5. The Morgan fingerprint density at radius 2 is 2.22 bits per heavy atom. The summed E-state index contributed by atoms with van der Waals surface area (Å²) in [5, 5.41) is 12.8. The van der Waals surface area contributed by atoms with E-state index in [-0.39, 0.29) is 12.7 Å². The van der Waals surface area contributed by atoms with Gasteiger partial charge in [0.05, 0.1) is 6.61 Å². The minimum Gasteiger partial charge on any atom is -0.480 e. The number of benzene rings is 1. The molecule has 2 atom stereocenters. The number of hydrogen-bond acceptors (Lipinski definition) is 4. The van der Waals surface area contributed by atoms with Crippen LogP contribution in [-0.4, -0.2) is 30.3 Å². The molecule has 1 aromatic carbocycles. The number of aliphatic carboxylic acids is 1. The smallest absolute Gasteiger partial charge is 0.323 e. The molecule has 0 spiro atoms. The Bertz CT molecular complexity index is 536. The SMILES string of the molecule is O=C(O)C1COC(c2cc3ccccc3o2)CN1. The average Bonchev–Trinajstić information content (AvgIpc) is 2.82. The fraction of sp³-hybridized carbons (Fsp3) is 0.308. The van der Waals surface area contributed by atoms with Gasteiger partial charge in [-0.3, -0.25) is 10.1 Å². The van der Waals surface area contributed by atoms with E-state index in [0.29, 0.717) is 6.54 Å². The summed E-state index contributed by atoms with van der Waals surface area (Å²) in [5.74, 6) is -0.161. The second-order valence-electron chi connectivity index (χ2n) is 4.31. The summed E-state index contributed by atoms with van der Waals surface area (Å²) in [6, 6.07) is 9.03. The topological polar surface area (TPSA) is 71.7 Å². The van der Waals surface area contributed by atoms with Crippen LogP contribution in [0.5, 0.6) is 0 Å². The van der Waals surface area contributed by atoms with Crippen molar-refractivity contribution in [1.29, 1.82) is 0 Å². The Hall–Kier alpha value is -1.85. The molecule has 0 saturated carbocycles. The molecule has 94 valence electrons. The number of nitrogens with one attached hydrogen (secondary N) is 1. The van der Waals surface area contributed by atoms with Crippen molar-refractivity contribution in [3.05, 3.63) is 36.1 Å². The molecule has 1 aliphatic rings. The highest BCUT2D eigenvalue weighted by Gasteiger charge is 2.28. The molecule has 2 heterocycles. The molecule has 1 aromatic heterocycles. The maximum Gasteiger partial charge on any atom is 0.323 e. The summed E-state index contributed by atoms with van der Waals surface area (Å²) in [7, 11) is 0. The van der Waals surface area contributed by atoms with Crippen LogP contribution in [0.3, 0.4) is 0 Å². The van der Waals surface area contributed by atoms with Gasteiger partial charge in [-0.25, -0.2) is 0 Å². The zero-order valence-electron chi connectivity index (χ0n) is 9.63. The third kappa shape index (κ3) is 1.98. The maximum absolute atomic E-state index is 10.8. The lowest BCUT2D eigenvalue weighted by Gasteiger charge is -2.26. The van der Waals surface area contributed by atoms with Gasteiger partial charge < -0.3 is 14.3 Å². The summed E-state index contributed by atoms with van der Waals surface area (Å²) in [5.41, 5.74) is 0.816. The van der Waals surface area contributed by atoms with Crippen LogP contribution in [0.4, 0.5) is 0 Å². The van der Waals surface area contributed by atoms with E-state index in [9.17, 15) is 4.79 Å². The number of morpholine rings is 1. The molecule has 18 heavy (non-hydrogen) atoms. The quantitative estimate of drug-likeness (QED) is 0.842. The van der Waals surface area contributed by atoms with Gasteiger partial charge in [-0.2, -0.15) is 0 Å². The highest BCUT2D eigenvalue weighted by Crippen LogP contribution is 2.27. The summed E-state index contributed by atoms with van der Waals surface area (Å²) in [4.78, 5) is 10.8. The lowest BCUT2D eigenvalue weighted by Crippen LogP contribution is -2.47. The molecule has 0 aliphatic carbocycles. The summed E-state index contributed by atoms with van der Waals surface area (Å²) >= 11 is 0. The van der Waals surface area contributed by atoms with Crippen LogP contribution < -0.4 is 5.32 Å². The van der Waals surface area contributed by atoms with E-state index in [4.69, 9.17) is 14.3 Å². The van der Waals surface area contributed by atoms with E-state index in [1.165, 1.54) is 0 Å². The van der Waals surface area contributed by atoms with E-state index in [0.717, 1.165) is 16.7 Å². The first-order chi connectivity index (χ1) is 8.74. The van der Waals surface area contributed by atoms with E-state index >= 15 is 0 Å². The molecule has 5 nitrogen and oxygen atoms in total. The van der Waals surface area contributed by atoms with Crippen LogP contribution in [0.15, 0.2) is 34.7 Å². The number of hydrogen-bond donors (Lipinski definition) is 2. The Balaban J connectivity index is 1.78. The Kier molecular flexibility index (Phi) is 2.77. The van der Waals surface area contributed by atoms with Crippen molar-refractivity contribution in [2.75, 3.05) is 13.2 Å². The van der Waals surface area contributed by atoms with E-state index in [2.05, 4.69) is 5.32 Å². The summed E-state index contributed by atoms with van der Waals surface area (Å²) < 4.78 is 11.2. The number of carboxylic acids is 1. The molecule has 2 aromatic rings. The minimum absolute atomic E-state index is 0.150. The molecular formula is C13H13NO4. The van der Waals surface area contributed by atoms with Gasteiger partial charge in [0.1, 0.15) is 23.5 Å². The van der Waals surface area contributed by atoms with Crippen LogP contribution in [0.2, 0.25) is 0 Å². The van der Waals surface area contributed by atoms with Gasteiger partial charge in [-0.1, -0.05) is 18.2 Å². The third-order valence-corrected chi connectivity index (χ3v) is 3.07. The van der Waals surface area contributed by atoms with Crippen molar-refractivity contribution in [1.82, 2.24) is 5.32 Å². The molecule has 1 saturated heterocycles. The van der Waals surface area contributed by atoms with Crippen molar-refractivity contribution < 1.29 is 19.1 Å². The Labute approximate surface area is 103 Å². The number of ether oxygens (including phenoxy) is 1. The van der Waals surface area contributed by atoms with E-state index in [1.807, 2.05) is 30.3 Å². The molecule has 0 amide bonds. The number of rotatable bonds is 2. The van der Waals surface area contributed by atoms with Crippen molar-refractivity contribution in [2.45, 2.75) is 12.1 Å². The standard InChI is InChI=1S/C13H13NO4/c15-13(16)9-7-17-12(6-14-9)11-5-8-3-1-2-4-10(8)18-11/h1-5,9,12,14H,6-7H2,(H,15,16). The first kappa shape index (κ1) is 11.3. The largest absolute Gasteiger partial charge is 0.480 e. The molecular weight excluding hydrogens is 234 g/mol. The number of fused-ring (bicyclic) bond motifs is 1. The van der Waals surface area contributed by atoms with Crippen molar-refractivity contribution in [3.8, 4) is 0 Å². The highest BCUT2D eigenvalue weighted by molar-refractivity contribution is 5.77. The zero-order chi connectivity index (χ0) is 12.5. The molecule has 0 radical (unpaired) electrons. The maximum atomic E-state index is 10.8. The normalized spacial score (nSPS) is 24.2.